The highest BCUT2D eigenvalue weighted by atomic mass is 16.5. The Labute approximate surface area is 94.2 Å². The molecule has 1 aliphatic rings. The highest BCUT2D eigenvalue weighted by Gasteiger charge is 2.24. The van der Waals surface area contributed by atoms with Crippen LogP contribution in [0.25, 0.3) is 0 Å². The van der Waals surface area contributed by atoms with Crippen molar-refractivity contribution in [3.63, 3.8) is 0 Å². The first-order valence-corrected chi connectivity index (χ1v) is 6.22. The van der Waals surface area contributed by atoms with E-state index < -0.39 is 0 Å². The molecule has 0 aromatic heterocycles. The van der Waals surface area contributed by atoms with E-state index >= 15 is 0 Å². The second kappa shape index (κ2) is 6.46. The molecule has 0 spiro atoms. The highest BCUT2D eigenvalue weighted by molar-refractivity contribution is 4.81. The summed E-state index contributed by atoms with van der Waals surface area (Å²) in [4.78, 5) is 2.56. The number of rotatable bonds is 4. The van der Waals surface area contributed by atoms with Gasteiger partial charge in [0, 0.05) is 31.8 Å². The molecule has 3 unspecified atom stereocenters. The van der Waals surface area contributed by atoms with Gasteiger partial charge in [-0.25, -0.2) is 0 Å². The van der Waals surface area contributed by atoms with E-state index in [1.807, 2.05) is 0 Å². The monoisotopic (exact) mass is 214 g/mol. The van der Waals surface area contributed by atoms with Crippen molar-refractivity contribution < 1.29 is 4.74 Å². The Balaban J connectivity index is 2.51. The van der Waals surface area contributed by atoms with E-state index in [2.05, 4.69) is 38.0 Å². The molecular formula is C12H26N2O. The lowest BCUT2D eigenvalue weighted by atomic mass is 10.1. The molecule has 15 heavy (non-hydrogen) atoms. The normalized spacial score (nSPS) is 28.4. The van der Waals surface area contributed by atoms with Crippen LogP contribution in [0.3, 0.4) is 0 Å². The number of ether oxygens (including phenoxy) is 1. The second-order valence-electron chi connectivity index (χ2n) is 4.57. The Morgan fingerprint density at radius 1 is 1.53 bits per heavy atom. The molecule has 0 aromatic rings. The molecule has 0 aromatic carbocycles. The molecule has 3 heteroatoms. The summed E-state index contributed by atoms with van der Waals surface area (Å²) in [5.41, 5.74) is 0. The van der Waals surface area contributed by atoms with Crippen LogP contribution in [0.1, 0.15) is 33.6 Å². The summed E-state index contributed by atoms with van der Waals surface area (Å²) in [5, 5.41) is 3.40. The van der Waals surface area contributed by atoms with E-state index in [0.717, 1.165) is 19.6 Å². The zero-order valence-electron chi connectivity index (χ0n) is 10.6. The predicted molar refractivity (Wildman–Crippen MR) is 64.2 cm³/mol. The number of hydrogen-bond donors (Lipinski definition) is 1. The van der Waals surface area contributed by atoms with Gasteiger partial charge in [0.05, 0.1) is 6.10 Å². The molecule has 1 fully saturated rings. The molecule has 3 atom stereocenters. The Morgan fingerprint density at radius 3 is 2.87 bits per heavy atom. The predicted octanol–water partition coefficient (Wildman–Crippen LogP) is 1.48. The minimum atomic E-state index is 0.379. The summed E-state index contributed by atoms with van der Waals surface area (Å²) in [6.45, 7) is 9.90. The minimum Gasteiger partial charge on any atom is -0.377 e. The van der Waals surface area contributed by atoms with E-state index in [1.54, 1.807) is 0 Å². The van der Waals surface area contributed by atoms with Gasteiger partial charge in [0.1, 0.15) is 0 Å². The summed E-state index contributed by atoms with van der Waals surface area (Å²) >= 11 is 0. The van der Waals surface area contributed by atoms with Crippen LogP contribution in [0.2, 0.25) is 0 Å². The van der Waals surface area contributed by atoms with E-state index in [-0.39, 0.29) is 0 Å². The zero-order valence-corrected chi connectivity index (χ0v) is 10.6. The SMILES string of the molecule is CCC(NC)C(C)N1CCCOC(C)C1. The molecule has 0 bridgehead atoms. The summed E-state index contributed by atoms with van der Waals surface area (Å²) < 4.78 is 5.67. The molecular weight excluding hydrogens is 188 g/mol. The van der Waals surface area contributed by atoms with Gasteiger partial charge in [0.25, 0.3) is 0 Å². The Bertz CT molecular complexity index is 171. The fraction of sp³-hybridized carbons (Fsp3) is 1.00. The van der Waals surface area contributed by atoms with Crippen molar-refractivity contribution in [2.75, 3.05) is 26.7 Å². The number of nitrogens with zero attached hydrogens (tertiary/aromatic N) is 1. The van der Waals surface area contributed by atoms with Crippen LogP contribution in [-0.4, -0.2) is 49.8 Å². The fourth-order valence-corrected chi connectivity index (χ4v) is 2.44. The van der Waals surface area contributed by atoms with Crippen LogP contribution < -0.4 is 5.32 Å². The van der Waals surface area contributed by atoms with Crippen molar-refractivity contribution in [1.82, 2.24) is 10.2 Å². The summed E-state index contributed by atoms with van der Waals surface area (Å²) in [5.74, 6) is 0. The lowest BCUT2D eigenvalue weighted by Gasteiger charge is -2.34. The van der Waals surface area contributed by atoms with Crippen molar-refractivity contribution in [3.05, 3.63) is 0 Å². The molecule has 0 amide bonds. The highest BCUT2D eigenvalue weighted by Crippen LogP contribution is 2.13. The first kappa shape index (κ1) is 12.9. The molecule has 1 rings (SSSR count). The molecule has 1 heterocycles. The van der Waals surface area contributed by atoms with Crippen LogP contribution in [0, 0.1) is 0 Å². The molecule has 0 saturated carbocycles. The topological polar surface area (TPSA) is 24.5 Å². The smallest absolute Gasteiger partial charge is 0.0674 e. The average Bonchev–Trinajstić information content (AvgIpc) is 2.44. The van der Waals surface area contributed by atoms with Crippen LogP contribution in [0.4, 0.5) is 0 Å². The third kappa shape index (κ3) is 3.74. The molecule has 0 aliphatic carbocycles. The fourth-order valence-electron chi connectivity index (χ4n) is 2.44. The van der Waals surface area contributed by atoms with E-state index in [9.17, 15) is 0 Å². The quantitative estimate of drug-likeness (QED) is 0.767. The van der Waals surface area contributed by atoms with Gasteiger partial charge in [-0.05, 0) is 33.7 Å². The van der Waals surface area contributed by atoms with E-state index in [1.165, 1.54) is 13.0 Å². The first-order valence-electron chi connectivity index (χ1n) is 6.22. The van der Waals surface area contributed by atoms with Crippen LogP contribution in [0.15, 0.2) is 0 Å². The molecule has 0 radical (unpaired) electrons. The van der Waals surface area contributed by atoms with Crippen LogP contribution in [0.5, 0.6) is 0 Å². The second-order valence-corrected chi connectivity index (χ2v) is 4.57. The largest absolute Gasteiger partial charge is 0.377 e. The lowest BCUT2D eigenvalue weighted by Crippen LogP contribution is -2.48. The molecule has 90 valence electrons. The molecule has 3 nitrogen and oxygen atoms in total. The van der Waals surface area contributed by atoms with Gasteiger partial charge in [-0.1, -0.05) is 6.92 Å². The molecule has 1 aliphatic heterocycles. The van der Waals surface area contributed by atoms with Crippen molar-refractivity contribution in [1.29, 1.82) is 0 Å². The lowest BCUT2D eigenvalue weighted by molar-refractivity contribution is 0.0584. The van der Waals surface area contributed by atoms with Crippen LogP contribution in [-0.2, 0) is 4.74 Å². The maximum absolute atomic E-state index is 5.67. The average molecular weight is 214 g/mol. The molecule has 1 N–H and O–H groups in total. The first-order chi connectivity index (χ1) is 7.19. The number of hydrogen-bond acceptors (Lipinski definition) is 3. The summed E-state index contributed by atoms with van der Waals surface area (Å²) in [6, 6.07) is 1.19. The van der Waals surface area contributed by atoms with Crippen molar-refractivity contribution in [2.45, 2.75) is 51.8 Å². The number of nitrogens with one attached hydrogen (secondary N) is 1. The van der Waals surface area contributed by atoms with E-state index in [4.69, 9.17) is 4.74 Å². The third-order valence-electron chi connectivity index (χ3n) is 3.45. The molecule has 1 saturated heterocycles. The summed E-state index contributed by atoms with van der Waals surface area (Å²) in [7, 11) is 2.06. The summed E-state index contributed by atoms with van der Waals surface area (Å²) in [6.07, 6.45) is 2.72. The minimum absolute atomic E-state index is 0.379. The van der Waals surface area contributed by atoms with Gasteiger partial charge in [0.15, 0.2) is 0 Å². The van der Waals surface area contributed by atoms with Crippen molar-refractivity contribution >= 4 is 0 Å². The Kier molecular flexibility index (Phi) is 5.58. The van der Waals surface area contributed by atoms with Gasteiger partial charge < -0.3 is 10.1 Å². The van der Waals surface area contributed by atoms with Crippen LogP contribution >= 0.6 is 0 Å². The van der Waals surface area contributed by atoms with Gasteiger partial charge >= 0.3 is 0 Å². The van der Waals surface area contributed by atoms with Gasteiger partial charge in [-0.3, -0.25) is 4.90 Å². The Morgan fingerprint density at radius 2 is 2.27 bits per heavy atom. The van der Waals surface area contributed by atoms with Gasteiger partial charge in [-0.15, -0.1) is 0 Å². The Hall–Kier alpha value is -0.120. The van der Waals surface area contributed by atoms with E-state index in [0.29, 0.717) is 18.2 Å². The maximum atomic E-state index is 5.67. The maximum Gasteiger partial charge on any atom is 0.0674 e. The standard InChI is InChI=1S/C12H26N2O/c1-5-12(13-4)11(3)14-7-6-8-15-10(2)9-14/h10-13H,5-9H2,1-4H3. The zero-order chi connectivity index (χ0) is 11.3. The number of likely N-dealkylation sites (N-methyl/N-ethyl adjacent to an activating group) is 1. The van der Waals surface area contributed by atoms with Crippen molar-refractivity contribution in [2.24, 2.45) is 0 Å². The third-order valence-corrected chi connectivity index (χ3v) is 3.45. The van der Waals surface area contributed by atoms with Gasteiger partial charge in [0.2, 0.25) is 0 Å². The van der Waals surface area contributed by atoms with Gasteiger partial charge in [-0.2, -0.15) is 0 Å². The van der Waals surface area contributed by atoms with Crippen molar-refractivity contribution in [3.8, 4) is 0 Å².